The maximum atomic E-state index is 11.1. The third-order valence-corrected chi connectivity index (χ3v) is 3.19. The van der Waals surface area contributed by atoms with Crippen LogP contribution in [0.4, 0.5) is 0 Å². The van der Waals surface area contributed by atoms with Gasteiger partial charge in [-0.15, -0.1) is 0 Å². The van der Waals surface area contributed by atoms with Crippen LogP contribution in [0.1, 0.15) is 37.3 Å². The molecule has 0 N–H and O–H groups in total. The maximum absolute atomic E-state index is 11.1. The highest BCUT2D eigenvalue weighted by molar-refractivity contribution is 6.63. The average molecular weight is 255 g/mol. The minimum absolute atomic E-state index is 0.171. The van der Waals surface area contributed by atoms with Crippen molar-refractivity contribution in [2.75, 3.05) is 7.11 Å². The van der Waals surface area contributed by atoms with Crippen LogP contribution in [0.3, 0.4) is 0 Å². The van der Waals surface area contributed by atoms with Gasteiger partial charge in [0.2, 0.25) is 5.24 Å². The second kappa shape index (κ2) is 6.06. The first-order valence-corrected chi connectivity index (χ1v) is 6.16. The Hall–Kier alpha value is -1.02. The van der Waals surface area contributed by atoms with Crippen molar-refractivity contribution in [1.29, 1.82) is 0 Å². The average Bonchev–Trinajstić information content (AvgIpc) is 2.25. The number of carbonyl (C=O) groups is 1. The lowest BCUT2D eigenvalue weighted by atomic mass is 9.85. The van der Waals surface area contributed by atoms with Gasteiger partial charge in [0.1, 0.15) is 5.75 Å². The number of benzene rings is 1. The van der Waals surface area contributed by atoms with E-state index in [1.807, 2.05) is 19.1 Å². The molecule has 0 aliphatic carbocycles. The molecule has 0 aliphatic heterocycles. The Morgan fingerprint density at radius 3 is 2.47 bits per heavy atom. The van der Waals surface area contributed by atoms with Crippen molar-refractivity contribution < 1.29 is 9.53 Å². The van der Waals surface area contributed by atoms with Crippen LogP contribution in [0.2, 0.25) is 0 Å². The zero-order valence-corrected chi connectivity index (χ0v) is 11.5. The Morgan fingerprint density at radius 1 is 1.41 bits per heavy atom. The van der Waals surface area contributed by atoms with E-state index in [4.69, 9.17) is 16.3 Å². The molecule has 3 heteroatoms. The van der Waals surface area contributed by atoms with Crippen molar-refractivity contribution in [3.63, 3.8) is 0 Å². The molecule has 1 rings (SSSR count). The van der Waals surface area contributed by atoms with Gasteiger partial charge < -0.3 is 4.74 Å². The molecule has 1 aromatic carbocycles. The number of hydrogen-bond donors (Lipinski definition) is 0. The Balaban J connectivity index is 3.02. The highest BCUT2D eigenvalue weighted by atomic mass is 35.5. The van der Waals surface area contributed by atoms with Crippen molar-refractivity contribution in [2.24, 2.45) is 5.92 Å². The summed E-state index contributed by atoms with van der Waals surface area (Å²) >= 11 is 5.50. The lowest BCUT2D eigenvalue weighted by Gasteiger charge is -2.20. The molecule has 0 fully saturated rings. The molecule has 0 saturated heterocycles. The van der Waals surface area contributed by atoms with E-state index in [2.05, 4.69) is 19.9 Å². The normalized spacial score (nSPS) is 12.6. The second-order valence-corrected chi connectivity index (χ2v) is 5.06. The van der Waals surface area contributed by atoms with Crippen LogP contribution in [0.25, 0.3) is 0 Å². The molecule has 94 valence electrons. The third-order valence-electron chi connectivity index (χ3n) is 3.03. The maximum Gasteiger partial charge on any atom is 0.222 e. The standard InChI is InChI=1S/C14H19ClO2/c1-9(2)12(8-14(15)16)11-5-6-13(17-4)10(3)7-11/h5-7,9,12H,8H2,1-4H3. The molecule has 0 heterocycles. The van der Waals surface area contributed by atoms with E-state index in [9.17, 15) is 4.79 Å². The first-order valence-electron chi connectivity index (χ1n) is 5.78. The van der Waals surface area contributed by atoms with Gasteiger partial charge in [-0.25, -0.2) is 0 Å². The summed E-state index contributed by atoms with van der Waals surface area (Å²) in [6, 6.07) is 6.03. The molecule has 0 radical (unpaired) electrons. The molecular weight excluding hydrogens is 236 g/mol. The van der Waals surface area contributed by atoms with Crippen LogP contribution in [0.15, 0.2) is 18.2 Å². The van der Waals surface area contributed by atoms with Crippen molar-refractivity contribution >= 4 is 16.8 Å². The predicted molar refractivity (Wildman–Crippen MR) is 70.8 cm³/mol. The number of rotatable bonds is 5. The fourth-order valence-electron chi connectivity index (χ4n) is 2.04. The van der Waals surface area contributed by atoms with Crippen molar-refractivity contribution in [3.8, 4) is 5.75 Å². The lowest BCUT2D eigenvalue weighted by Crippen LogP contribution is -2.10. The summed E-state index contributed by atoms with van der Waals surface area (Å²) in [6.45, 7) is 6.20. The zero-order chi connectivity index (χ0) is 13.0. The van der Waals surface area contributed by atoms with Crippen LogP contribution >= 0.6 is 11.6 Å². The van der Waals surface area contributed by atoms with Crippen LogP contribution < -0.4 is 4.74 Å². The molecule has 2 nitrogen and oxygen atoms in total. The molecule has 1 atom stereocenters. The number of hydrogen-bond acceptors (Lipinski definition) is 2. The molecule has 0 bridgehead atoms. The zero-order valence-electron chi connectivity index (χ0n) is 10.8. The van der Waals surface area contributed by atoms with Gasteiger partial charge in [0.15, 0.2) is 0 Å². The van der Waals surface area contributed by atoms with Gasteiger partial charge in [0, 0.05) is 6.42 Å². The Bertz CT molecular complexity index is 399. The molecule has 0 saturated carbocycles. The molecule has 1 unspecified atom stereocenters. The van der Waals surface area contributed by atoms with E-state index in [1.54, 1.807) is 7.11 Å². The second-order valence-electron chi connectivity index (χ2n) is 4.64. The summed E-state index contributed by atoms with van der Waals surface area (Å²) in [6.07, 6.45) is 0.380. The van der Waals surface area contributed by atoms with E-state index >= 15 is 0 Å². The highest BCUT2D eigenvalue weighted by Crippen LogP contribution is 2.31. The molecule has 0 amide bonds. The summed E-state index contributed by atoms with van der Waals surface area (Å²) in [5.41, 5.74) is 2.23. The van der Waals surface area contributed by atoms with Gasteiger partial charge in [0.05, 0.1) is 7.11 Å². The fourth-order valence-corrected chi connectivity index (χ4v) is 2.21. The molecule has 0 aliphatic rings. The SMILES string of the molecule is COc1ccc(C(CC(=O)Cl)C(C)C)cc1C. The van der Waals surface area contributed by atoms with Gasteiger partial charge in [-0.3, -0.25) is 4.79 Å². The largest absolute Gasteiger partial charge is 0.496 e. The van der Waals surface area contributed by atoms with Crippen LogP contribution in [-0.4, -0.2) is 12.4 Å². The van der Waals surface area contributed by atoms with E-state index in [0.29, 0.717) is 12.3 Å². The minimum atomic E-state index is -0.280. The minimum Gasteiger partial charge on any atom is -0.496 e. The van der Waals surface area contributed by atoms with Crippen LogP contribution in [0.5, 0.6) is 5.75 Å². The summed E-state index contributed by atoms with van der Waals surface area (Å²) in [7, 11) is 1.66. The van der Waals surface area contributed by atoms with E-state index in [-0.39, 0.29) is 11.2 Å². The number of aryl methyl sites for hydroxylation is 1. The predicted octanol–water partition coefficient (Wildman–Crippen LogP) is 3.90. The molecule has 17 heavy (non-hydrogen) atoms. The van der Waals surface area contributed by atoms with Gasteiger partial charge in [0.25, 0.3) is 0 Å². The molecule has 0 spiro atoms. The smallest absolute Gasteiger partial charge is 0.222 e. The van der Waals surface area contributed by atoms with Gasteiger partial charge in [-0.1, -0.05) is 26.0 Å². The summed E-state index contributed by atoms with van der Waals surface area (Å²) in [5, 5.41) is -0.280. The first-order chi connectivity index (χ1) is 7.95. The van der Waals surface area contributed by atoms with Crippen molar-refractivity contribution in [3.05, 3.63) is 29.3 Å². The molecular formula is C14H19ClO2. The summed E-state index contributed by atoms with van der Waals surface area (Å²) in [5.74, 6) is 1.42. The number of methoxy groups -OCH3 is 1. The topological polar surface area (TPSA) is 26.3 Å². The summed E-state index contributed by atoms with van der Waals surface area (Å²) < 4.78 is 5.23. The monoisotopic (exact) mass is 254 g/mol. The quantitative estimate of drug-likeness (QED) is 0.745. The highest BCUT2D eigenvalue weighted by Gasteiger charge is 2.19. The Kier molecular flexibility index (Phi) is 5.01. The number of ether oxygens (including phenoxy) is 1. The summed E-state index contributed by atoms with van der Waals surface area (Å²) in [4.78, 5) is 11.1. The third kappa shape index (κ3) is 3.74. The first kappa shape index (κ1) is 14.0. The lowest BCUT2D eigenvalue weighted by molar-refractivity contribution is -0.112. The van der Waals surface area contributed by atoms with E-state index in [1.165, 1.54) is 0 Å². The van der Waals surface area contributed by atoms with Crippen molar-refractivity contribution in [2.45, 2.75) is 33.1 Å². The van der Waals surface area contributed by atoms with Crippen LogP contribution in [0, 0.1) is 12.8 Å². The number of carbonyl (C=O) groups excluding carboxylic acids is 1. The number of halogens is 1. The molecule has 0 aromatic heterocycles. The van der Waals surface area contributed by atoms with Gasteiger partial charge in [-0.05, 0) is 47.6 Å². The van der Waals surface area contributed by atoms with Crippen molar-refractivity contribution in [1.82, 2.24) is 0 Å². The van der Waals surface area contributed by atoms with Gasteiger partial charge in [-0.2, -0.15) is 0 Å². The van der Waals surface area contributed by atoms with E-state index in [0.717, 1.165) is 16.9 Å². The Labute approximate surface area is 108 Å². The van der Waals surface area contributed by atoms with E-state index < -0.39 is 0 Å². The fraction of sp³-hybridized carbons (Fsp3) is 0.500. The Morgan fingerprint density at radius 2 is 2.06 bits per heavy atom. The van der Waals surface area contributed by atoms with Crippen LogP contribution in [-0.2, 0) is 4.79 Å². The molecule has 1 aromatic rings. The van der Waals surface area contributed by atoms with Gasteiger partial charge >= 0.3 is 0 Å².